The zero-order valence-electron chi connectivity index (χ0n) is 15.1. The smallest absolute Gasteiger partial charge is 0.178 e. The highest BCUT2D eigenvalue weighted by Gasteiger charge is 2.01. The highest BCUT2D eigenvalue weighted by molar-refractivity contribution is 5.92. The quantitative estimate of drug-likeness (QED) is 0.692. The molecule has 2 aromatic heterocycles. The molecule has 0 bridgehead atoms. The van der Waals surface area contributed by atoms with Crippen LogP contribution in [0.15, 0.2) is 67.0 Å². The Balaban J connectivity index is 0.000000223. The number of nitrogens with zero attached hydrogens (tertiary/aromatic N) is 2. The van der Waals surface area contributed by atoms with Crippen molar-refractivity contribution >= 4 is 11.6 Å². The second-order valence-electron chi connectivity index (χ2n) is 5.67. The summed E-state index contributed by atoms with van der Waals surface area (Å²) in [4.78, 5) is 29.3. The van der Waals surface area contributed by atoms with E-state index in [0.717, 1.165) is 5.56 Å². The highest BCUT2D eigenvalue weighted by atomic mass is 16.5. The molecule has 0 amide bonds. The summed E-state index contributed by atoms with van der Waals surface area (Å²) in [5.74, 6) is 0.600. The molecule has 27 heavy (non-hydrogen) atoms. The summed E-state index contributed by atoms with van der Waals surface area (Å²) >= 11 is 0. The largest absolute Gasteiger partial charge is 0.506 e. The number of aromatic hydroxyl groups is 1. The van der Waals surface area contributed by atoms with Gasteiger partial charge in [0.25, 0.3) is 0 Å². The molecule has 3 aromatic rings. The first-order valence-corrected chi connectivity index (χ1v) is 8.25. The number of Topliss-reactive ketones (excluding diaryl/α,β-unsaturated/α-hetero) is 2. The molecule has 3 rings (SSSR count). The van der Waals surface area contributed by atoms with Gasteiger partial charge in [0.15, 0.2) is 11.6 Å². The van der Waals surface area contributed by atoms with Gasteiger partial charge in [-0.05, 0) is 29.8 Å². The van der Waals surface area contributed by atoms with E-state index in [9.17, 15) is 9.59 Å². The molecule has 0 spiro atoms. The zero-order chi connectivity index (χ0) is 19.6. The number of hydrogen-bond acceptors (Lipinski definition) is 6. The van der Waals surface area contributed by atoms with Crippen LogP contribution in [-0.2, 0) is 6.61 Å². The Morgan fingerprint density at radius 1 is 0.852 bits per heavy atom. The van der Waals surface area contributed by atoms with E-state index in [0.29, 0.717) is 23.7 Å². The van der Waals surface area contributed by atoms with Gasteiger partial charge in [0, 0.05) is 13.8 Å². The molecule has 1 aromatic carbocycles. The van der Waals surface area contributed by atoms with Gasteiger partial charge in [-0.15, -0.1) is 0 Å². The molecule has 0 aliphatic heterocycles. The molecular weight excluding hydrogens is 344 g/mol. The van der Waals surface area contributed by atoms with Gasteiger partial charge in [0.05, 0.1) is 12.4 Å². The van der Waals surface area contributed by atoms with Crippen molar-refractivity contribution in [2.45, 2.75) is 20.5 Å². The minimum absolute atomic E-state index is 0.0420. The number of ketones is 2. The van der Waals surface area contributed by atoms with Crippen LogP contribution in [-0.4, -0.2) is 26.6 Å². The average Bonchev–Trinajstić information content (AvgIpc) is 2.68. The SMILES string of the molecule is CC(=O)c1ccc(O)cn1.CC(=O)c1ccc(OCc2ccccc2)cn1. The minimum Gasteiger partial charge on any atom is -0.506 e. The predicted molar refractivity (Wildman–Crippen MR) is 101 cm³/mol. The normalized spacial score (nSPS) is 9.70. The number of benzene rings is 1. The van der Waals surface area contributed by atoms with Crippen LogP contribution < -0.4 is 4.74 Å². The van der Waals surface area contributed by atoms with Crippen LogP contribution in [0.3, 0.4) is 0 Å². The van der Waals surface area contributed by atoms with Crippen molar-refractivity contribution in [3.63, 3.8) is 0 Å². The van der Waals surface area contributed by atoms with Gasteiger partial charge in [-0.3, -0.25) is 9.59 Å². The van der Waals surface area contributed by atoms with Crippen molar-refractivity contribution in [3.8, 4) is 11.5 Å². The first-order chi connectivity index (χ1) is 13.0. The summed E-state index contributed by atoms with van der Waals surface area (Å²) in [7, 11) is 0. The molecular formula is C21H20N2O4. The van der Waals surface area contributed by atoms with Gasteiger partial charge in [-0.25, -0.2) is 9.97 Å². The van der Waals surface area contributed by atoms with E-state index < -0.39 is 0 Å². The molecule has 0 atom stereocenters. The van der Waals surface area contributed by atoms with Crippen molar-refractivity contribution in [1.82, 2.24) is 9.97 Å². The Kier molecular flexibility index (Phi) is 7.19. The predicted octanol–water partition coefficient (Wildman–Crippen LogP) is 3.85. The number of carbonyl (C=O) groups is 2. The number of ether oxygens (including phenoxy) is 1. The van der Waals surface area contributed by atoms with Gasteiger partial charge in [-0.1, -0.05) is 30.3 Å². The monoisotopic (exact) mass is 364 g/mol. The van der Waals surface area contributed by atoms with E-state index in [4.69, 9.17) is 9.84 Å². The first kappa shape index (κ1) is 19.8. The second kappa shape index (κ2) is 9.82. The lowest BCUT2D eigenvalue weighted by Crippen LogP contribution is -1.98. The van der Waals surface area contributed by atoms with Crippen LogP contribution in [0.25, 0.3) is 0 Å². The topological polar surface area (TPSA) is 89.4 Å². The summed E-state index contributed by atoms with van der Waals surface area (Å²) in [6, 6.07) is 16.2. The summed E-state index contributed by atoms with van der Waals surface area (Å²) in [6.07, 6.45) is 2.82. The third-order valence-electron chi connectivity index (χ3n) is 3.45. The van der Waals surface area contributed by atoms with E-state index in [1.807, 2.05) is 30.3 Å². The maximum Gasteiger partial charge on any atom is 0.178 e. The summed E-state index contributed by atoms with van der Waals surface area (Å²) in [5, 5.41) is 8.76. The molecule has 0 aliphatic rings. The number of hydrogen-bond donors (Lipinski definition) is 1. The lowest BCUT2D eigenvalue weighted by atomic mass is 10.2. The second-order valence-corrected chi connectivity index (χ2v) is 5.67. The summed E-state index contributed by atoms with van der Waals surface area (Å²) in [5.41, 5.74) is 1.93. The Morgan fingerprint density at radius 3 is 1.93 bits per heavy atom. The van der Waals surface area contributed by atoms with Crippen molar-refractivity contribution < 1.29 is 19.4 Å². The Bertz CT molecular complexity index is 876. The standard InChI is InChI=1S/C14H13NO2.C7H7NO2/c1-11(16)14-8-7-13(9-15-14)17-10-12-5-3-2-4-6-12;1-5(9)7-3-2-6(10)4-8-7/h2-9H,10H2,1H3;2-4,10H,1H3. The van der Waals surface area contributed by atoms with Crippen molar-refractivity contribution in [3.05, 3.63) is 83.9 Å². The minimum atomic E-state index is -0.0972. The fourth-order valence-electron chi connectivity index (χ4n) is 2.01. The van der Waals surface area contributed by atoms with E-state index in [1.54, 1.807) is 18.3 Å². The van der Waals surface area contributed by atoms with Crippen LogP contribution >= 0.6 is 0 Å². The van der Waals surface area contributed by atoms with Crippen LogP contribution in [0.1, 0.15) is 40.4 Å². The summed E-state index contributed by atoms with van der Waals surface area (Å²) in [6.45, 7) is 3.42. The van der Waals surface area contributed by atoms with E-state index in [-0.39, 0.29) is 17.3 Å². The molecule has 0 unspecified atom stereocenters. The fraction of sp³-hybridized carbons (Fsp3) is 0.143. The molecule has 0 saturated heterocycles. The van der Waals surface area contributed by atoms with E-state index in [2.05, 4.69) is 9.97 Å². The summed E-state index contributed by atoms with van der Waals surface area (Å²) < 4.78 is 5.55. The zero-order valence-corrected chi connectivity index (χ0v) is 15.1. The molecule has 138 valence electrons. The Morgan fingerprint density at radius 2 is 1.44 bits per heavy atom. The Labute approximate surface area is 157 Å². The van der Waals surface area contributed by atoms with Crippen molar-refractivity contribution in [2.24, 2.45) is 0 Å². The number of carbonyl (C=O) groups excluding carboxylic acids is 2. The van der Waals surface area contributed by atoms with Crippen molar-refractivity contribution in [1.29, 1.82) is 0 Å². The molecule has 0 fully saturated rings. The maximum atomic E-state index is 11.0. The number of rotatable bonds is 5. The van der Waals surface area contributed by atoms with Crippen molar-refractivity contribution in [2.75, 3.05) is 0 Å². The Hall–Kier alpha value is -3.54. The molecule has 0 radical (unpaired) electrons. The van der Waals surface area contributed by atoms with Gasteiger partial charge in [0.1, 0.15) is 29.5 Å². The highest BCUT2D eigenvalue weighted by Crippen LogP contribution is 2.12. The molecule has 2 heterocycles. The van der Waals surface area contributed by atoms with Gasteiger partial charge in [0.2, 0.25) is 0 Å². The molecule has 6 heteroatoms. The molecule has 0 aliphatic carbocycles. The van der Waals surface area contributed by atoms with Gasteiger partial charge in [-0.2, -0.15) is 0 Å². The molecule has 6 nitrogen and oxygen atoms in total. The van der Waals surface area contributed by atoms with E-state index >= 15 is 0 Å². The lowest BCUT2D eigenvalue weighted by molar-refractivity contribution is 0.1000. The first-order valence-electron chi connectivity index (χ1n) is 8.25. The van der Waals surface area contributed by atoms with Crippen LogP contribution in [0.2, 0.25) is 0 Å². The van der Waals surface area contributed by atoms with Crippen LogP contribution in [0, 0.1) is 0 Å². The molecule has 1 N–H and O–H groups in total. The lowest BCUT2D eigenvalue weighted by Gasteiger charge is -2.05. The third-order valence-corrected chi connectivity index (χ3v) is 3.45. The van der Waals surface area contributed by atoms with Crippen LogP contribution in [0.4, 0.5) is 0 Å². The maximum absolute atomic E-state index is 11.0. The van der Waals surface area contributed by atoms with E-state index in [1.165, 1.54) is 32.2 Å². The molecule has 0 saturated carbocycles. The van der Waals surface area contributed by atoms with Crippen LogP contribution in [0.5, 0.6) is 11.5 Å². The van der Waals surface area contributed by atoms with Gasteiger partial charge < -0.3 is 9.84 Å². The number of pyridine rings is 2. The number of aromatic nitrogens is 2. The average molecular weight is 364 g/mol. The third kappa shape index (κ3) is 6.70. The fourth-order valence-corrected chi connectivity index (χ4v) is 2.01. The van der Waals surface area contributed by atoms with Gasteiger partial charge >= 0.3 is 0 Å².